The van der Waals surface area contributed by atoms with Crippen LogP contribution in [0.1, 0.15) is 39.0 Å². The molecule has 1 nitrogen and oxygen atoms in total. The van der Waals surface area contributed by atoms with Crippen LogP contribution in [0.4, 0.5) is 0 Å². The lowest BCUT2D eigenvalue weighted by Crippen LogP contribution is -1.71. The van der Waals surface area contributed by atoms with Gasteiger partial charge in [0.2, 0.25) is 0 Å². The first-order valence-corrected chi connectivity index (χ1v) is 5.28. The van der Waals surface area contributed by atoms with Gasteiger partial charge in [-0.05, 0) is 32.1 Å². The van der Waals surface area contributed by atoms with E-state index in [9.17, 15) is 0 Å². The van der Waals surface area contributed by atoms with E-state index in [1.165, 1.54) is 12.8 Å². The van der Waals surface area contributed by atoms with Crippen molar-refractivity contribution in [2.45, 2.75) is 39.0 Å². The highest BCUT2D eigenvalue weighted by atomic mass is 14.2. The minimum Gasteiger partial charge on any atom is -0.193 e. The molecule has 0 aliphatic heterocycles. The van der Waals surface area contributed by atoms with E-state index < -0.39 is 0 Å². The Morgan fingerprint density at radius 1 is 1.00 bits per heavy atom. The van der Waals surface area contributed by atoms with Gasteiger partial charge in [0.15, 0.2) is 0 Å². The third-order valence-electron chi connectivity index (χ3n) is 1.80. The van der Waals surface area contributed by atoms with E-state index >= 15 is 0 Å². The lowest BCUT2D eigenvalue weighted by Gasteiger charge is -1.91. The molecule has 0 aromatic heterocycles. The Hall–Kier alpha value is -1.29. The molecule has 0 aliphatic carbocycles. The van der Waals surface area contributed by atoms with Crippen molar-refractivity contribution in [2.75, 3.05) is 0 Å². The summed E-state index contributed by atoms with van der Waals surface area (Å²) in [4.78, 5) is 0. The number of allylic oxidation sites excluding steroid dienone is 6. The van der Waals surface area contributed by atoms with Crippen LogP contribution in [0.3, 0.4) is 0 Å². The van der Waals surface area contributed by atoms with Crippen molar-refractivity contribution in [3.8, 4) is 6.07 Å². The molecule has 0 spiro atoms. The summed E-state index contributed by atoms with van der Waals surface area (Å²) in [5.41, 5.74) is 0. The van der Waals surface area contributed by atoms with E-state index in [0.717, 1.165) is 19.3 Å². The van der Waals surface area contributed by atoms with Crippen molar-refractivity contribution in [2.24, 2.45) is 0 Å². The van der Waals surface area contributed by atoms with Crippen molar-refractivity contribution in [1.82, 2.24) is 0 Å². The maximum atomic E-state index is 8.23. The van der Waals surface area contributed by atoms with Gasteiger partial charge in [-0.2, -0.15) is 5.26 Å². The zero-order valence-corrected chi connectivity index (χ0v) is 8.95. The maximum absolute atomic E-state index is 8.23. The Labute approximate surface area is 87.4 Å². The summed E-state index contributed by atoms with van der Waals surface area (Å²) in [6.45, 7) is 2.13. The van der Waals surface area contributed by atoms with Gasteiger partial charge in [-0.25, -0.2) is 0 Å². The average molecular weight is 189 g/mol. The van der Waals surface area contributed by atoms with Crippen LogP contribution in [-0.2, 0) is 0 Å². The molecule has 0 unspecified atom stereocenters. The molecule has 0 atom stereocenters. The van der Waals surface area contributed by atoms with Gasteiger partial charge >= 0.3 is 0 Å². The molecule has 0 heterocycles. The molecule has 0 bridgehead atoms. The van der Waals surface area contributed by atoms with Gasteiger partial charge in [0.05, 0.1) is 6.07 Å². The Morgan fingerprint density at radius 3 is 2.29 bits per heavy atom. The van der Waals surface area contributed by atoms with Gasteiger partial charge in [-0.1, -0.05) is 37.3 Å². The molecule has 0 aromatic carbocycles. The SMILES string of the molecule is CC/C=C/C=C/CCCC/C=C/C#N. The molecule has 0 rings (SSSR count). The molecule has 14 heavy (non-hydrogen) atoms. The Bertz CT molecular complexity index is 228. The Kier molecular flexibility index (Phi) is 10.6. The predicted octanol–water partition coefficient (Wildman–Crippen LogP) is 4.15. The molecular weight excluding hydrogens is 170 g/mol. The molecule has 1 heteroatoms. The fourth-order valence-electron chi connectivity index (χ4n) is 1.05. The molecule has 0 aliphatic rings. The number of nitriles is 1. The summed E-state index contributed by atoms with van der Waals surface area (Å²) < 4.78 is 0. The number of rotatable bonds is 7. The summed E-state index contributed by atoms with van der Waals surface area (Å²) in [5, 5.41) is 8.23. The first kappa shape index (κ1) is 12.7. The second-order valence-electron chi connectivity index (χ2n) is 3.08. The minimum absolute atomic E-state index is 1.02. The first-order valence-electron chi connectivity index (χ1n) is 5.28. The Morgan fingerprint density at radius 2 is 1.64 bits per heavy atom. The fourth-order valence-corrected chi connectivity index (χ4v) is 1.05. The zero-order chi connectivity index (χ0) is 10.5. The molecule has 0 radical (unpaired) electrons. The van der Waals surface area contributed by atoms with Crippen molar-refractivity contribution in [3.05, 3.63) is 36.5 Å². The van der Waals surface area contributed by atoms with E-state index in [0.29, 0.717) is 0 Å². The highest BCUT2D eigenvalue weighted by Crippen LogP contribution is 2.01. The summed E-state index contributed by atoms with van der Waals surface area (Å²) in [6, 6.07) is 1.99. The maximum Gasteiger partial charge on any atom is 0.0908 e. The third-order valence-corrected chi connectivity index (χ3v) is 1.80. The molecule has 0 amide bonds. The highest BCUT2D eigenvalue weighted by Gasteiger charge is 1.82. The monoisotopic (exact) mass is 189 g/mol. The number of hydrogen-bond acceptors (Lipinski definition) is 1. The summed E-state index contributed by atoms with van der Waals surface area (Å²) >= 11 is 0. The second kappa shape index (κ2) is 11.7. The van der Waals surface area contributed by atoms with E-state index in [2.05, 4.69) is 31.2 Å². The van der Waals surface area contributed by atoms with Gasteiger partial charge in [-0.3, -0.25) is 0 Å². The quantitative estimate of drug-likeness (QED) is 0.335. The summed E-state index contributed by atoms with van der Waals surface area (Å²) in [5.74, 6) is 0. The van der Waals surface area contributed by atoms with E-state index in [1.54, 1.807) is 6.08 Å². The van der Waals surface area contributed by atoms with Crippen LogP contribution in [0, 0.1) is 11.3 Å². The third kappa shape index (κ3) is 10.7. The summed E-state index contributed by atoms with van der Waals surface area (Å²) in [7, 11) is 0. The van der Waals surface area contributed by atoms with E-state index in [4.69, 9.17) is 5.26 Å². The number of unbranched alkanes of at least 4 members (excludes halogenated alkanes) is 3. The summed E-state index contributed by atoms with van der Waals surface area (Å²) in [6.07, 6.45) is 17.6. The van der Waals surface area contributed by atoms with Crippen molar-refractivity contribution in [3.63, 3.8) is 0 Å². The standard InChI is InChI=1S/C13H19N/c1-2-3-4-5-6-7-8-9-10-11-12-13-14/h3-6,11-12H,2,7-10H2,1H3/b4-3+,6-5+,12-11+. The molecule has 0 saturated heterocycles. The number of nitrogens with zero attached hydrogens (tertiary/aromatic N) is 1. The normalized spacial score (nSPS) is 11.7. The van der Waals surface area contributed by atoms with Crippen LogP contribution in [0.5, 0.6) is 0 Å². The van der Waals surface area contributed by atoms with Gasteiger partial charge in [-0.15, -0.1) is 0 Å². The van der Waals surface area contributed by atoms with Gasteiger partial charge in [0.1, 0.15) is 0 Å². The van der Waals surface area contributed by atoms with Gasteiger partial charge < -0.3 is 0 Å². The van der Waals surface area contributed by atoms with Crippen LogP contribution >= 0.6 is 0 Å². The van der Waals surface area contributed by atoms with E-state index in [1.807, 2.05) is 12.1 Å². The topological polar surface area (TPSA) is 23.8 Å². The minimum atomic E-state index is 1.02. The van der Waals surface area contributed by atoms with E-state index in [-0.39, 0.29) is 0 Å². The number of hydrogen-bond donors (Lipinski definition) is 0. The molecule has 0 N–H and O–H groups in total. The van der Waals surface area contributed by atoms with Crippen LogP contribution < -0.4 is 0 Å². The predicted molar refractivity (Wildman–Crippen MR) is 61.8 cm³/mol. The zero-order valence-electron chi connectivity index (χ0n) is 8.95. The molecular formula is C13H19N. The lowest BCUT2D eigenvalue weighted by molar-refractivity contribution is 0.762. The van der Waals surface area contributed by atoms with Crippen LogP contribution in [0.2, 0.25) is 0 Å². The molecule has 0 fully saturated rings. The second-order valence-corrected chi connectivity index (χ2v) is 3.08. The van der Waals surface area contributed by atoms with Crippen LogP contribution in [0.15, 0.2) is 36.5 Å². The lowest BCUT2D eigenvalue weighted by atomic mass is 10.2. The molecule has 76 valence electrons. The van der Waals surface area contributed by atoms with Crippen LogP contribution in [0.25, 0.3) is 0 Å². The molecule has 0 aromatic rings. The van der Waals surface area contributed by atoms with Crippen molar-refractivity contribution < 1.29 is 0 Å². The highest BCUT2D eigenvalue weighted by molar-refractivity contribution is 5.02. The van der Waals surface area contributed by atoms with Gasteiger partial charge in [0.25, 0.3) is 0 Å². The molecule has 0 saturated carbocycles. The van der Waals surface area contributed by atoms with Crippen LogP contribution in [-0.4, -0.2) is 0 Å². The van der Waals surface area contributed by atoms with Crippen molar-refractivity contribution in [1.29, 1.82) is 5.26 Å². The largest absolute Gasteiger partial charge is 0.193 e. The first-order chi connectivity index (χ1) is 6.91. The van der Waals surface area contributed by atoms with Gasteiger partial charge in [0, 0.05) is 6.08 Å². The Balaban J connectivity index is 3.21. The smallest absolute Gasteiger partial charge is 0.0908 e. The van der Waals surface area contributed by atoms with Crippen molar-refractivity contribution >= 4 is 0 Å². The average Bonchev–Trinajstić information content (AvgIpc) is 2.21. The fraction of sp³-hybridized carbons (Fsp3) is 0.462.